The van der Waals surface area contributed by atoms with Crippen molar-refractivity contribution in [2.75, 3.05) is 0 Å². The number of thioether (sulfide) groups is 1. The van der Waals surface area contributed by atoms with Gasteiger partial charge in [-0.3, -0.25) is 0 Å². The number of rotatable bonds is 7. The summed E-state index contributed by atoms with van der Waals surface area (Å²) in [6.45, 7) is 4.42. The Labute approximate surface area is 141 Å². The highest BCUT2D eigenvalue weighted by molar-refractivity contribution is 7.98. The summed E-state index contributed by atoms with van der Waals surface area (Å²) in [5, 5.41) is 9.29. The van der Waals surface area contributed by atoms with E-state index in [4.69, 9.17) is 0 Å². The van der Waals surface area contributed by atoms with Crippen LogP contribution < -0.4 is 4.74 Å². The van der Waals surface area contributed by atoms with E-state index in [1.54, 1.807) is 12.1 Å². The Kier molecular flexibility index (Phi) is 4.84. The van der Waals surface area contributed by atoms with Crippen LogP contribution in [0.25, 0.3) is 0 Å². The molecule has 0 atom stereocenters. The third kappa shape index (κ3) is 4.31. The first-order valence-electron chi connectivity index (χ1n) is 7.48. The molecule has 1 aliphatic carbocycles. The van der Waals surface area contributed by atoms with Crippen LogP contribution in [0.5, 0.6) is 5.75 Å². The van der Waals surface area contributed by atoms with Crippen LogP contribution in [0.4, 0.5) is 13.2 Å². The molecule has 1 aromatic heterocycles. The van der Waals surface area contributed by atoms with Gasteiger partial charge in [-0.15, -0.1) is 29.9 Å². The molecular weight excluding hydrogens is 339 g/mol. The van der Waals surface area contributed by atoms with Crippen molar-refractivity contribution in [3.8, 4) is 5.75 Å². The van der Waals surface area contributed by atoms with Gasteiger partial charge in [0.25, 0.3) is 0 Å². The van der Waals surface area contributed by atoms with Crippen LogP contribution in [-0.4, -0.2) is 21.1 Å². The quantitative estimate of drug-likeness (QED) is 0.540. The number of allylic oxidation sites excluding steroid dienone is 1. The molecular formula is C16H16F3N3OS. The third-order valence-corrected chi connectivity index (χ3v) is 4.56. The van der Waals surface area contributed by atoms with Crippen LogP contribution in [-0.2, 0) is 12.3 Å². The maximum Gasteiger partial charge on any atom is 0.573 e. The Morgan fingerprint density at radius 1 is 1.25 bits per heavy atom. The van der Waals surface area contributed by atoms with E-state index < -0.39 is 6.36 Å². The lowest BCUT2D eigenvalue weighted by Gasteiger charge is -2.09. The van der Waals surface area contributed by atoms with Gasteiger partial charge in [0.2, 0.25) is 0 Å². The van der Waals surface area contributed by atoms with Gasteiger partial charge in [0.15, 0.2) is 5.16 Å². The maximum atomic E-state index is 12.1. The Morgan fingerprint density at radius 3 is 2.54 bits per heavy atom. The number of ether oxygens (including phenoxy) is 1. The molecule has 8 heteroatoms. The molecule has 3 rings (SSSR count). The molecule has 0 spiro atoms. The molecule has 0 amide bonds. The average molecular weight is 355 g/mol. The lowest BCUT2D eigenvalue weighted by atomic mass is 10.2. The van der Waals surface area contributed by atoms with Crippen LogP contribution in [0.3, 0.4) is 0 Å². The van der Waals surface area contributed by atoms with E-state index in [9.17, 15) is 13.2 Å². The first kappa shape index (κ1) is 16.9. The van der Waals surface area contributed by atoms with E-state index in [0.29, 0.717) is 18.2 Å². The van der Waals surface area contributed by atoms with Gasteiger partial charge in [0.1, 0.15) is 11.6 Å². The van der Waals surface area contributed by atoms with Crippen molar-refractivity contribution in [1.29, 1.82) is 0 Å². The van der Waals surface area contributed by atoms with Gasteiger partial charge < -0.3 is 9.30 Å². The highest BCUT2D eigenvalue weighted by Gasteiger charge is 2.31. The zero-order chi connectivity index (χ0) is 17.2. The van der Waals surface area contributed by atoms with E-state index >= 15 is 0 Å². The third-order valence-electron chi connectivity index (χ3n) is 3.52. The lowest BCUT2D eigenvalue weighted by molar-refractivity contribution is -0.274. The molecule has 0 unspecified atom stereocenters. The van der Waals surface area contributed by atoms with Crippen molar-refractivity contribution in [3.05, 3.63) is 48.3 Å². The second-order valence-electron chi connectivity index (χ2n) is 5.49. The number of hydrogen-bond donors (Lipinski definition) is 0. The second kappa shape index (κ2) is 6.88. The topological polar surface area (TPSA) is 39.9 Å². The largest absolute Gasteiger partial charge is 0.573 e. The summed E-state index contributed by atoms with van der Waals surface area (Å²) >= 11 is 1.50. The van der Waals surface area contributed by atoms with Crippen molar-refractivity contribution in [1.82, 2.24) is 14.8 Å². The normalized spacial score (nSPS) is 14.6. The van der Waals surface area contributed by atoms with Gasteiger partial charge in [0, 0.05) is 18.2 Å². The molecule has 0 aliphatic heterocycles. The Bertz CT molecular complexity index is 708. The molecule has 1 heterocycles. The first-order valence-corrected chi connectivity index (χ1v) is 8.46. The summed E-state index contributed by atoms with van der Waals surface area (Å²) in [5.74, 6) is 1.85. The maximum absolute atomic E-state index is 12.1. The summed E-state index contributed by atoms with van der Waals surface area (Å²) in [6.07, 6.45) is -0.583. The fourth-order valence-electron chi connectivity index (χ4n) is 2.29. The van der Waals surface area contributed by atoms with Crippen molar-refractivity contribution in [2.45, 2.75) is 42.6 Å². The number of benzene rings is 1. The predicted octanol–water partition coefficient (Wildman–Crippen LogP) is 4.53. The van der Waals surface area contributed by atoms with Gasteiger partial charge >= 0.3 is 6.36 Å². The van der Waals surface area contributed by atoms with Crippen molar-refractivity contribution in [2.24, 2.45) is 0 Å². The van der Waals surface area contributed by atoms with Crippen LogP contribution >= 0.6 is 11.8 Å². The zero-order valence-corrected chi connectivity index (χ0v) is 13.6. The van der Waals surface area contributed by atoms with Gasteiger partial charge in [0.05, 0.1) is 0 Å². The Morgan fingerprint density at radius 2 is 1.96 bits per heavy atom. The zero-order valence-electron chi connectivity index (χ0n) is 12.8. The number of hydrogen-bond acceptors (Lipinski definition) is 4. The molecule has 128 valence electrons. The fraction of sp³-hybridized carbons (Fsp3) is 0.375. The van der Waals surface area contributed by atoms with Crippen LogP contribution in [0.1, 0.15) is 30.1 Å². The Hall–Kier alpha value is -1.96. The van der Waals surface area contributed by atoms with Crippen LogP contribution in [0, 0.1) is 0 Å². The van der Waals surface area contributed by atoms with Crippen molar-refractivity contribution < 1.29 is 17.9 Å². The summed E-state index contributed by atoms with van der Waals surface area (Å²) < 4.78 is 42.4. The van der Waals surface area contributed by atoms with Gasteiger partial charge in [-0.1, -0.05) is 30.0 Å². The molecule has 2 aromatic rings. The summed E-state index contributed by atoms with van der Waals surface area (Å²) in [7, 11) is 0. The highest BCUT2D eigenvalue weighted by Crippen LogP contribution is 2.40. The SMILES string of the molecule is C=CCn1c(SCc2ccc(OC(F)(F)F)cc2)nnc1C1CC1. The summed E-state index contributed by atoms with van der Waals surface area (Å²) in [5.41, 5.74) is 0.885. The molecule has 0 saturated heterocycles. The minimum Gasteiger partial charge on any atom is -0.406 e. The Balaban J connectivity index is 1.64. The van der Waals surface area contributed by atoms with E-state index in [1.165, 1.54) is 23.9 Å². The van der Waals surface area contributed by atoms with Gasteiger partial charge in [-0.25, -0.2) is 0 Å². The van der Waals surface area contributed by atoms with Gasteiger partial charge in [-0.2, -0.15) is 0 Å². The number of halogens is 3. The predicted molar refractivity (Wildman–Crippen MR) is 84.9 cm³/mol. The smallest absolute Gasteiger partial charge is 0.406 e. The molecule has 1 saturated carbocycles. The van der Waals surface area contributed by atoms with E-state index in [-0.39, 0.29) is 5.75 Å². The fourth-order valence-corrected chi connectivity index (χ4v) is 3.20. The molecule has 1 aliphatic rings. The van der Waals surface area contributed by atoms with Gasteiger partial charge in [-0.05, 0) is 30.5 Å². The molecule has 1 aromatic carbocycles. The van der Waals surface area contributed by atoms with Crippen LogP contribution in [0.2, 0.25) is 0 Å². The second-order valence-corrected chi connectivity index (χ2v) is 6.44. The minimum absolute atomic E-state index is 0.220. The highest BCUT2D eigenvalue weighted by atomic mass is 32.2. The molecule has 0 bridgehead atoms. The summed E-state index contributed by atoms with van der Waals surface area (Å²) in [6, 6.07) is 5.86. The molecule has 4 nitrogen and oxygen atoms in total. The number of aromatic nitrogens is 3. The monoisotopic (exact) mass is 355 g/mol. The van der Waals surface area contributed by atoms with Crippen LogP contribution in [0.15, 0.2) is 42.1 Å². The molecule has 0 radical (unpaired) electrons. The number of alkyl halides is 3. The van der Waals surface area contributed by atoms with Crippen molar-refractivity contribution in [3.63, 3.8) is 0 Å². The summed E-state index contributed by atoms with van der Waals surface area (Å²) in [4.78, 5) is 0. The van der Waals surface area contributed by atoms with Crippen molar-refractivity contribution >= 4 is 11.8 Å². The molecule has 1 fully saturated rings. The number of nitrogens with zero attached hydrogens (tertiary/aromatic N) is 3. The van der Waals surface area contributed by atoms with E-state index in [0.717, 1.165) is 29.4 Å². The lowest BCUT2D eigenvalue weighted by Crippen LogP contribution is -2.16. The molecule has 24 heavy (non-hydrogen) atoms. The van der Waals surface area contributed by atoms with E-state index in [1.807, 2.05) is 6.08 Å². The first-order chi connectivity index (χ1) is 11.5. The average Bonchev–Trinajstić information content (AvgIpc) is 3.28. The standard InChI is InChI=1S/C16H16F3N3OS/c1-2-9-22-14(12-5-6-12)20-21-15(22)24-10-11-3-7-13(8-4-11)23-16(17,18)19/h2-4,7-8,12H,1,5-6,9-10H2. The molecule has 0 N–H and O–H groups in total. The van der Waals surface area contributed by atoms with E-state index in [2.05, 4.69) is 26.1 Å². The minimum atomic E-state index is -4.67.